The first-order chi connectivity index (χ1) is 7.26. The average molecular weight is 206 g/mol. The molecular weight excluding hydrogens is 192 g/mol. The SMILES string of the molecule is CCOc1ccc2c(c1)nc(CO)n2C. The predicted octanol–water partition coefficient (Wildman–Crippen LogP) is 1.46. The van der Waals surface area contributed by atoms with Gasteiger partial charge in [0, 0.05) is 13.1 Å². The van der Waals surface area contributed by atoms with Crippen molar-refractivity contribution >= 4 is 11.0 Å². The molecule has 2 rings (SSSR count). The molecule has 1 N–H and O–H groups in total. The van der Waals surface area contributed by atoms with Gasteiger partial charge in [-0.1, -0.05) is 0 Å². The van der Waals surface area contributed by atoms with Gasteiger partial charge < -0.3 is 14.4 Å². The molecule has 0 radical (unpaired) electrons. The summed E-state index contributed by atoms with van der Waals surface area (Å²) in [4.78, 5) is 4.31. The molecule has 0 spiro atoms. The molecule has 4 heteroatoms. The zero-order chi connectivity index (χ0) is 10.8. The average Bonchev–Trinajstić information content (AvgIpc) is 2.56. The fourth-order valence-corrected chi connectivity index (χ4v) is 1.63. The maximum Gasteiger partial charge on any atom is 0.135 e. The lowest BCUT2D eigenvalue weighted by molar-refractivity contribution is 0.268. The van der Waals surface area contributed by atoms with Crippen LogP contribution in [-0.2, 0) is 13.7 Å². The lowest BCUT2D eigenvalue weighted by Gasteiger charge is -2.02. The Kier molecular flexibility index (Phi) is 2.60. The highest BCUT2D eigenvalue weighted by Gasteiger charge is 2.07. The fraction of sp³-hybridized carbons (Fsp3) is 0.364. The quantitative estimate of drug-likeness (QED) is 0.827. The summed E-state index contributed by atoms with van der Waals surface area (Å²) in [5.74, 6) is 1.48. The van der Waals surface area contributed by atoms with Gasteiger partial charge >= 0.3 is 0 Å². The van der Waals surface area contributed by atoms with Crippen LogP contribution in [0.5, 0.6) is 5.75 Å². The summed E-state index contributed by atoms with van der Waals surface area (Å²) in [5, 5.41) is 9.08. The molecule has 0 fully saturated rings. The number of aliphatic hydroxyl groups is 1. The first kappa shape index (κ1) is 9.98. The minimum absolute atomic E-state index is 0.0465. The van der Waals surface area contributed by atoms with Crippen molar-refractivity contribution < 1.29 is 9.84 Å². The monoisotopic (exact) mass is 206 g/mol. The Morgan fingerprint density at radius 2 is 2.27 bits per heavy atom. The van der Waals surface area contributed by atoms with Gasteiger partial charge in [0.15, 0.2) is 0 Å². The predicted molar refractivity (Wildman–Crippen MR) is 57.8 cm³/mol. The van der Waals surface area contributed by atoms with Crippen molar-refractivity contribution in [2.24, 2.45) is 7.05 Å². The number of ether oxygens (including phenoxy) is 1. The third-order valence-electron chi connectivity index (χ3n) is 2.40. The van der Waals surface area contributed by atoms with Gasteiger partial charge in [-0.2, -0.15) is 0 Å². The van der Waals surface area contributed by atoms with E-state index in [1.807, 2.05) is 36.7 Å². The third-order valence-corrected chi connectivity index (χ3v) is 2.40. The van der Waals surface area contributed by atoms with Crippen LogP contribution in [0, 0.1) is 0 Å². The maximum atomic E-state index is 9.08. The molecule has 15 heavy (non-hydrogen) atoms. The number of fused-ring (bicyclic) bond motifs is 1. The fourth-order valence-electron chi connectivity index (χ4n) is 1.63. The van der Waals surface area contributed by atoms with Gasteiger partial charge in [0.05, 0.1) is 17.6 Å². The Bertz CT molecular complexity index is 477. The van der Waals surface area contributed by atoms with E-state index in [0.717, 1.165) is 16.8 Å². The molecule has 4 nitrogen and oxygen atoms in total. The van der Waals surface area contributed by atoms with Crippen molar-refractivity contribution in [2.45, 2.75) is 13.5 Å². The number of hydrogen-bond donors (Lipinski definition) is 1. The van der Waals surface area contributed by atoms with Crippen LogP contribution in [0.4, 0.5) is 0 Å². The smallest absolute Gasteiger partial charge is 0.135 e. The molecule has 0 saturated carbocycles. The minimum Gasteiger partial charge on any atom is -0.494 e. The van der Waals surface area contributed by atoms with E-state index in [9.17, 15) is 0 Å². The second-order valence-corrected chi connectivity index (χ2v) is 3.33. The summed E-state index contributed by atoms with van der Waals surface area (Å²) in [5.41, 5.74) is 1.86. The van der Waals surface area contributed by atoms with Crippen molar-refractivity contribution in [3.05, 3.63) is 24.0 Å². The first-order valence-electron chi connectivity index (χ1n) is 4.95. The van der Waals surface area contributed by atoms with Gasteiger partial charge in [-0.15, -0.1) is 0 Å². The van der Waals surface area contributed by atoms with Crippen molar-refractivity contribution in [1.29, 1.82) is 0 Å². The van der Waals surface area contributed by atoms with Crippen LogP contribution < -0.4 is 4.74 Å². The largest absolute Gasteiger partial charge is 0.494 e. The second-order valence-electron chi connectivity index (χ2n) is 3.33. The van der Waals surface area contributed by atoms with Crippen molar-refractivity contribution in [3.63, 3.8) is 0 Å². The van der Waals surface area contributed by atoms with Crippen LogP contribution in [0.2, 0.25) is 0 Å². The first-order valence-corrected chi connectivity index (χ1v) is 4.95. The topological polar surface area (TPSA) is 47.3 Å². The molecule has 0 aliphatic carbocycles. The summed E-state index contributed by atoms with van der Waals surface area (Å²) in [6, 6.07) is 5.75. The van der Waals surface area contributed by atoms with Crippen LogP contribution >= 0.6 is 0 Å². The van der Waals surface area contributed by atoms with Gasteiger partial charge in [-0.05, 0) is 19.1 Å². The number of aliphatic hydroxyl groups excluding tert-OH is 1. The van der Waals surface area contributed by atoms with E-state index < -0.39 is 0 Å². The van der Waals surface area contributed by atoms with Gasteiger partial charge in [-0.3, -0.25) is 0 Å². The van der Waals surface area contributed by atoms with Crippen molar-refractivity contribution in [2.75, 3.05) is 6.61 Å². The standard InChI is InChI=1S/C11H14N2O2/c1-3-15-8-4-5-10-9(6-8)12-11(7-14)13(10)2/h4-6,14H,3,7H2,1-2H3. The molecule has 0 amide bonds. The van der Waals surface area contributed by atoms with Crippen LogP contribution in [0.15, 0.2) is 18.2 Å². The summed E-state index contributed by atoms with van der Waals surface area (Å²) in [6.45, 7) is 2.54. The number of imidazole rings is 1. The molecule has 80 valence electrons. The van der Waals surface area contributed by atoms with Crippen molar-refractivity contribution in [3.8, 4) is 5.75 Å². The van der Waals surface area contributed by atoms with Crippen LogP contribution in [0.25, 0.3) is 11.0 Å². The van der Waals surface area contributed by atoms with Crippen LogP contribution in [0.3, 0.4) is 0 Å². The number of nitrogens with zero attached hydrogens (tertiary/aromatic N) is 2. The van der Waals surface area contributed by atoms with Gasteiger partial charge in [0.1, 0.15) is 18.2 Å². The Balaban J connectivity index is 2.53. The Morgan fingerprint density at radius 3 is 2.93 bits per heavy atom. The molecule has 2 aromatic rings. The summed E-state index contributed by atoms with van der Waals surface area (Å²) < 4.78 is 7.26. The van der Waals surface area contributed by atoms with E-state index >= 15 is 0 Å². The number of aromatic nitrogens is 2. The lowest BCUT2D eigenvalue weighted by atomic mass is 10.3. The normalized spacial score (nSPS) is 10.9. The Labute approximate surface area is 88.1 Å². The van der Waals surface area contributed by atoms with Gasteiger partial charge in [-0.25, -0.2) is 4.98 Å². The molecule has 0 saturated heterocycles. The van der Waals surface area contributed by atoms with E-state index in [1.165, 1.54) is 0 Å². The number of rotatable bonds is 3. The van der Waals surface area contributed by atoms with E-state index in [-0.39, 0.29) is 6.61 Å². The van der Waals surface area contributed by atoms with Gasteiger partial charge in [0.2, 0.25) is 0 Å². The van der Waals surface area contributed by atoms with Crippen LogP contribution in [0.1, 0.15) is 12.7 Å². The molecule has 1 aromatic heterocycles. The van der Waals surface area contributed by atoms with E-state index in [2.05, 4.69) is 4.98 Å². The highest BCUT2D eigenvalue weighted by molar-refractivity contribution is 5.77. The molecule has 0 aliphatic rings. The number of aryl methyl sites for hydroxylation is 1. The Hall–Kier alpha value is -1.55. The lowest BCUT2D eigenvalue weighted by Crippen LogP contribution is -1.96. The summed E-state index contributed by atoms with van der Waals surface area (Å²) >= 11 is 0. The van der Waals surface area contributed by atoms with E-state index in [4.69, 9.17) is 9.84 Å². The zero-order valence-electron chi connectivity index (χ0n) is 8.90. The maximum absolute atomic E-state index is 9.08. The van der Waals surface area contributed by atoms with E-state index in [1.54, 1.807) is 0 Å². The molecule has 0 atom stereocenters. The molecule has 0 aliphatic heterocycles. The molecule has 0 bridgehead atoms. The van der Waals surface area contributed by atoms with E-state index in [0.29, 0.717) is 12.4 Å². The molecule has 1 heterocycles. The van der Waals surface area contributed by atoms with Crippen molar-refractivity contribution in [1.82, 2.24) is 9.55 Å². The molecule has 1 aromatic carbocycles. The summed E-state index contributed by atoms with van der Waals surface area (Å²) in [6.07, 6.45) is 0. The number of benzene rings is 1. The van der Waals surface area contributed by atoms with Crippen LogP contribution in [-0.4, -0.2) is 21.3 Å². The van der Waals surface area contributed by atoms with Gasteiger partial charge in [0.25, 0.3) is 0 Å². The number of hydrogen-bond acceptors (Lipinski definition) is 3. The highest BCUT2D eigenvalue weighted by Crippen LogP contribution is 2.21. The highest BCUT2D eigenvalue weighted by atomic mass is 16.5. The minimum atomic E-state index is -0.0465. The second kappa shape index (κ2) is 3.90. The molecule has 0 unspecified atom stereocenters. The third kappa shape index (κ3) is 1.68. The Morgan fingerprint density at radius 1 is 1.47 bits per heavy atom. The molecular formula is C11H14N2O2. The zero-order valence-corrected chi connectivity index (χ0v) is 8.90. The summed E-state index contributed by atoms with van der Waals surface area (Å²) in [7, 11) is 1.89.